The van der Waals surface area contributed by atoms with E-state index in [9.17, 15) is 4.39 Å². The summed E-state index contributed by atoms with van der Waals surface area (Å²) in [7, 11) is 0. The van der Waals surface area contributed by atoms with Crippen molar-refractivity contribution < 1.29 is 9.13 Å². The van der Waals surface area contributed by atoms with Crippen LogP contribution in [0.3, 0.4) is 0 Å². The average molecular weight is 269 g/mol. The molecule has 1 heterocycles. The Balaban J connectivity index is 2.12. The van der Waals surface area contributed by atoms with Crippen LogP contribution in [0, 0.1) is 5.82 Å². The van der Waals surface area contributed by atoms with Gasteiger partial charge in [-0.1, -0.05) is 6.07 Å². The number of nitrogens with two attached hydrogens (primary N) is 1. The molecule has 0 saturated carbocycles. The highest BCUT2D eigenvalue weighted by atomic mass is 32.2. The Labute approximate surface area is 112 Å². The largest absolute Gasteiger partial charge is 0.381 e. The smallest absolute Gasteiger partial charge is 0.127 e. The van der Waals surface area contributed by atoms with Crippen LogP contribution in [0.4, 0.5) is 4.39 Å². The van der Waals surface area contributed by atoms with Crippen molar-refractivity contribution in [3.05, 3.63) is 29.6 Å². The highest BCUT2D eigenvalue weighted by Crippen LogP contribution is 2.33. The van der Waals surface area contributed by atoms with Crippen molar-refractivity contribution in [3.8, 4) is 0 Å². The topological polar surface area (TPSA) is 35.2 Å². The van der Waals surface area contributed by atoms with Gasteiger partial charge in [0.25, 0.3) is 0 Å². The third-order valence-electron chi connectivity index (χ3n) is 3.06. The molecule has 1 aromatic carbocycles. The van der Waals surface area contributed by atoms with Crippen molar-refractivity contribution in [2.24, 2.45) is 5.73 Å². The maximum atomic E-state index is 13.9. The summed E-state index contributed by atoms with van der Waals surface area (Å²) in [6, 6.07) is 5.28. The average Bonchev–Trinajstić information content (AvgIpc) is 2.34. The maximum Gasteiger partial charge on any atom is 0.127 e. The second kappa shape index (κ2) is 6.55. The molecule has 1 fully saturated rings. The predicted octanol–water partition coefficient (Wildman–Crippen LogP) is 2.99. The number of halogens is 1. The third kappa shape index (κ3) is 3.70. The van der Waals surface area contributed by atoms with Gasteiger partial charge >= 0.3 is 0 Å². The molecule has 0 amide bonds. The monoisotopic (exact) mass is 269 g/mol. The van der Waals surface area contributed by atoms with Crippen molar-refractivity contribution in [3.63, 3.8) is 0 Å². The molecule has 1 unspecified atom stereocenters. The summed E-state index contributed by atoms with van der Waals surface area (Å²) < 4.78 is 19.2. The lowest BCUT2D eigenvalue weighted by molar-refractivity contribution is 0.1000. The molecule has 18 heavy (non-hydrogen) atoms. The summed E-state index contributed by atoms with van der Waals surface area (Å²) in [6.07, 6.45) is 2.68. The molecule has 4 heteroatoms. The van der Waals surface area contributed by atoms with E-state index in [4.69, 9.17) is 10.5 Å². The molecule has 1 aliphatic heterocycles. The fraction of sp³-hybridized carbons (Fsp3) is 0.571. The molecule has 1 saturated heterocycles. The number of thioether (sulfide) groups is 1. The Morgan fingerprint density at radius 2 is 2.17 bits per heavy atom. The number of benzene rings is 1. The minimum Gasteiger partial charge on any atom is -0.381 e. The van der Waals surface area contributed by atoms with E-state index in [1.165, 1.54) is 6.07 Å². The number of rotatable bonds is 4. The van der Waals surface area contributed by atoms with Gasteiger partial charge in [0.05, 0.1) is 0 Å². The highest BCUT2D eigenvalue weighted by Gasteiger charge is 2.18. The lowest BCUT2D eigenvalue weighted by atomic mass is 10.1. The second-order valence-corrected chi connectivity index (χ2v) is 6.17. The van der Waals surface area contributed by atoms with Gasteiger partial charge in [-0.3, -0.25) is 0 Å². The van der Waals surface area contributed by atoms with Crippen molar-refractivity contribution in [2.45, 2.75) is 42.4 Å². The van der Waals surface area contributed by atoms with Gasteiger partial charge in [0, 0.05) is 35.0 Å². The summed E-state index contributed by atoms with van der Waals surface area (Å²) in [5.74, 6) is -0.135. The molecule has 0 aromatic heterocycles. The van der Waals surface area contributed by atoms with Crippen LogP contribution in [0.5, 0.6) is 0 Å². The highest BCUT2D eigenvalue weighted by molar-refractivity contribution is 8.00. The van der Waals surface area contributed by atoms with E-state index >= 15 is 0 Å². The molecule has 2 nitrogen and oxygen atoms in total. The zero-order valence-corrected chi connectivity index (χ0v) is 11.5. The lowest BCUT2D eigenvalue weighted by Crippen LogP contribution is -2.20. The first-order chi connectivity index (χ1) is 8.66. The van der Waals surface area contributed by atoms with E-state index < -0.39 is 0 Å². The molecule has 100 valence electrons. The molecule has 2 rings (SSSR count). The molecule has 0 radical (unpaired) electrons. The summed E-state index contributed by atoms with van der Waals surface area (Å²) in [4.78, 5) is 1.04. The van der Waals surface area contributed by atoms with E-state index in [0.717, 1.165) is 36.5 Å². The van der Waals surface area contributed by atoms with Crippen molar-refractivity contribution in [1.29, 1.82) is 0 Å². The van der Waals surface area contributed by atoms with Crippen molar-refractivity contribution in [2.75, 3.05) is 13.2 Å². The summed E-state index contributed by atoms with van der Waals surface area (Å²) >= 11 is 1.77. The van der Waals surface area contributed by atoms with Crippen LogP contribution in [0.1, 0.15) is 25.3 Å². The van der Waals surface area contributed by atoms with Gasteiger partial charge in [-0.05, 0) is 38.3 Å². The molecule has 2 N–H and O–H groups in total. The molecule has 1 aliphatic rings. The maximum absolute atomic E-state index is 13.9. The third-order valence-corrected chi connectivity index (χ3v) is 4.51. The van der Waals surface area contributed by atoms with Crippen LogP contribution in [-0.4, -0.2) is 24.5 Å². The zero-order chi connectivity index (χ0) is 13.0. The Morgan fingerprint density at radius 1 is 1.44 bits per heavy atom. The van der Waals surface area contributed by atoms with Crippen molar-refractivity contribution >= 4 is 11.8 Å². The Morgan fingerprint density at radius 3 is 2.83 bits per heavy atom. The Kier molecular flexibility index (Phi) is 5.03. The van der Waals surface area contributed by atoms with Crippen LogP contribution in [0.25, 0.3) is 0 Å². The Bertz CT molecular complexity index is 391. The summed E-state index contributed by atoms with van der Waals surface area (Å²) in [5, 5.41) is 0.535. The van der Waals surface area contributed by atoms with E-state index in [1.807, 2.05) is 13.0 Å². The standard InChI is InChI=1S/C14H20FNOS/c1-10(16)9-12-13(15)3-2-4-14(12)18-11-5-7-17-8-6-11/h2-4,10-11H,5-9,16H2,1H3. The van der Waals surface area contributed by atoms with Crippen LogP contribution in [0.15, 0.2) is 23.1 Å². The first-order valence-corrected chi connectivity index (χ1v) is 7.32. The molecular weight excluding hydrogens is 249 g/mol. The van der Waals surface area contributed by atoms with Gasteiger partial charge in [-0.2, -0.15) is 0 Å². The van der Waals surface area contributed by atoms with Gasteiger partial charge in [-0.15, -0.1) is 11.8 Å². The molecule has 0 spiro atoms. The van der Waals surface area contributed by atoms with Crippen LogP contribution >= 0.6 is 11.8 Å². The molecule has 1 aromatic rings. The first kappa shape index (κ1) is 13.8. The van der Waals surface area contributed by atoms with E-state index in [2.05, 4.69) is 0 Å². The van der Waals surface area contributed by atoms with E-state index in [1.54, 1.807) is 17.8 Å². The van der Waals surface area contributed by atoms with Crippen LogP contribution < -0.4 is 5.73 Å². The SMILES string of the molecule is CC(N)Cc1c(F)cccc1SC1CCOCC1. The lowest BCUT2D eigenvalue weighted by Gasteiger charge is -2.23. The van der Waals surface area contributed by atoms with Gasteiger partial charge in [0.1, 0.15) is 5.82 Å². The minimum absolute atomic E-state index is 0.0176. The molecule has 0 aliphatic carbocycles. The van der Waals surface area contributed by atoms with E-state index in [-0.39, 0.29) is 11.9 Å². The van der Waals surface area contributed by atoms with Gasteiger partial charge in [0.2, 0.25) is 0 Å². The van der Waals surface area contributed by atoms with E-state index in [0.29, 0.717) is 11.7 Å². The van der Waals surface area contributed by atoms with Gasteiger partial charge in [-0.25, -0.2) is 4.39 Å². The number of hydrogen-bond acceptors (Lipinski definition) is 3. The van der Waals surface area contributed by atoms with Gasteiger partial charge in [0.15, 0.2) is 0 Å². The van der Waals surface area contributed by atoms with Gasteiger partial charge < -0.3 is 10.5 Å². The molecule has 0 bridgehead atoms. The second-order valence-electron chi connectivity index (χ2n) is 4.83. The number of ether oxygens (including phenoxy) is 1. The normalized spacial score (nSPS) is 18.8. The fourth-order valence-electron chi connectivity index (χ4n) is 2.14. The number of hydrogen-bond donors (Lipinski definition) is 1. The quantitative estimate of drug-likeness (QED) is 0.912. The first-order valence-electron chi connectivity index (χ1n) is 6.44. The minimum atomic E-state index is -0.135. The predicted molar refractivity (Wildman–Crippen MR) is 73.5 cm³/mol. The zero-order valence-electron chi connectivity index (χ0n) is 10.7. The summed E-state index contributed by atoms with van der Waals surface area (Å²) in [5.41, 5.74) is 6.57. The van der Waals surface area contributed by atoms with Crippen molar-refractivity contribution in [1.82, 2.24) is 0 Å². The summed E-state index contributed by atoms with van der Waals surface area (Å²) in [6.45, 7) is 3.54. The fourth-order valence-corrected chi connectivity index (χ4v) is 3.41. The molecular formula is C14H20FNOS. The molecule has 1 atom stereocenters. The van der Waals surface area contributed by atoms with Crippen LogP contribution in [-0.2, 0) is 11.2 Å². The van der Waals surface area contributed by atoms with Crippen LogP contribution in [0.2, 0.25) is 0 Å². The Hall–Kier alpha value is -0.580.